The van der Waals surface area contributed by atoms with Crippen molar-refractivity contribution in [1.82, 2.24) is 0 Å². The molecule has 0 spiro atoms. The maximum Gasteiger partial charge on any atom is 0.237 e. The third kappa shape index (κ3) is 3.00. The zero-order chi connectivity index (χ0) is 12.4. The number of aromatic hydroxyl groups is 1. The van der Waals surface area contributed by atoms with Crippen molar-refractivity contribution in [3.8, 4) is 5.75 Å². The van der Waals surface area contributed by atoms with Crippen LogP contribution in [-0.4, -0.2) is 22.0 Å². The minimum Gasteiger partial charge on any atom is -0.505 e. The van der Waals surface area contributed by atoms with E-state index in [0.717, 1.165) is 18.6 Å². The summed E-state index contributed by atoms with van der Waals surface area (Å²) in [5.41, 5.74) is 0.510. The standard InChI is InChI=1S/C11H11Cl2NO2S/c12-7-4-6(5-8(13)10(7)15)14-11(16)9-2-1-3-17-9/h4-5,9,15H,1-3H2,(H,14,16). The lowest BCUT2D eigenvalue weighted by Crippen LogP contribution is -2.22. The van der Waals surface area contributed by atoms with Gasteiger partial charge < -0.3 is 10.4 Å². The van der Waals surface area contributed by atoms with Gasteiger partial charge in [0, 0.05) is 5.69 Å². The fourth-order valence-electron chi connectivity index (χ4n) is 1.64. The number of nitrogens with one attached hydrogen (secondary N) is 1. The van der Waals surface area contributed by atoms with Crippen molar-refractivity contribution in [3.05, 3.63) is 22.2 Å². The topological polar surface area (TPSA) is 49.3 Å². The predicted molar refractivity (Wildman–Crippen MR) is 72.2 cm³/mol. The fraction of sp³-hybridized carbons (Fsp3) is 0.364. The van der Waals surface area contributed by atoms with Gasteiger partial charge in [0.15, 0.2) is 5.75 Å². The molecule has 92 valence electrons. The molecule has 1 fully saturated rings. The van der Waals surface area contributed by atoms with Gasteiger partial charge in [-0.1, -0.05) is 23.2 Å². The molecule has 0 radical (unpaired) electrons. The van der Waals surface area contributed by atoms with Crippen LogP contribution in [-0.2, 0) is 4.79 Å². The van der Waals surface area contributed by atoms with Crippen molar-refractivity contribution in [2.24, 2.45) is 0 Å². The summed E-state index contributed by atoms with van der Waals surface area (Å²) >= 11 is 13.2. The first-order valence-electron chi connectivity index (χ1n) is 5.18. The van der Waals surface area contributed by atoms with E-state index in [-0.39, 0.29) is 27.0 Å². The van der Waals surface area contributed by atoms with Crippen molar-refractivity contribution in [2.45, 2.75) is 18.1 Å². The van der Waals surface area contributed by atoms with Gasteiger partial charge in [0.05, 0.1) is 15.3 Å². The molecule has 1 saturated heterocycles. The van der Waals surface area contributed by atoms with Gasteiger partial charge in [-0.25, -0.2) is 0 Å². The lowest BCUT2D eigenvalue weighted by atomic mass is 10.2. The second kappa shape index (κ2) is 5.38. The van der Waals surface area contributed by atoms with Crippen LogP contribution in [0.2, 0.25) is 10.0 Å². The van der Waals surface area contributed by atoms with Gasteiger partial charge in [-0.05, 0) is 30.7 Å². The first-order chi connectivity index (χ1) is 8.08. The molecule has 1 amide bonds. The van der Waals surface area contributed by atoms with E-state index in [4.69, 9.17) is 23.2 Å². The average Bonchev–Trinajstić information content (AvgIpc) is 2.79. The van der Waals surface area contributed by atoms with Crippen LogP contribution in [0.15, 0.2) is 12.1 Å². The molecule has 0 aliphatic carbocycles. The van der Waals surface area contributed by atoms with Crippen LogP contribution in [0.3, 0.4) is 0 Å². The third-order valence-corrected chi connectivity index (χ3v) is 4.46. The molecule has 6 heteroatoms. The Bertz CT molecular complexity index is 424. The summed E-state index contributed by atoms with van der Waals surface area (Å²) < 4.78 is 0. The van der Waals surface area contributed by atoms with E-state index in [9.17, 15) is 9.90 Å². The van der Waals surface area contributed by atoms with Crippen LogP contribution in [0.4, 0.5) is 5.69 Å². The van der Waals surface area contributed by atoms with E-state index in [1.807, 2.05) is 0 Å². The summed E-state index contributed by atoms with van der Waals surface area (Å²) in [6.45, 7) is 0. The number of anilines is 1. The third-order valence-electron chi connectivity index (χ3n) is 2.51. The average molecular weight is 292 g/mol. The second-order valence-corrected chi connectivity index (χ2v) is 5.90. The Balaban J connectivity index is 2.10. The number of rotatable bonds is 2. The fourth-order valence-corrected chi connectivity index (χ4v) is 3.29. The van der Waals surface area contributed by atoms with E-state index in [0.29, 0.717) is 5.69 Å². The lowest BCUT2D eigenvalue weighted by Gasteiger charge is -2.11. The quantitative estimate of drug-likeness (QED) is 0.820. The normalized spacial score (nSPS) is 19.3. The zero-order valence-corrected chi connectivity index (χ0v) is 11.2. The Morgan fingerprint density at radius 2 is 2.06 bits per heavy atom. The number of carbonyl (C=O) groups excluding carboxylic acids is 1. The molecule has 1 unspecified atom stereocenters. The molecule has 3 nitrogen and oxygen atoms in total. The van der Waals surface area contributed by atoms with Crippen molar-refractivity contribution < 1.29 is 9.90 Å². The number of halogens is 2. The molecule has 0 aromatic heterocycles. The number of carbonyl (C=O) groups is 1. The lowest BCUT2D eigenvalue weighted by molar-refractivity contribution is -0.115. The van der Waals surface area contributed by atoms with E-state index < -0.39 is 0 Å². The highest BCUT2D eigenvalue weighted by molar-refractivity contribution is 8.00. The van der Waals surface area contributed by atoms with Crippen LogP contribution >= 0.6 is 35.0 Å². The maximum absolute atomic E-state index is 11.8. The number of hydrogen-bond acceptors (Lipinski definition) is 3. The Morgan fingerprint density at radius 3 is 2.59 bits per heavy atom. The van der Waals surface area contributed by atoms with Crippen LogP contribution in [0.5, 0.6) is 5.75 Å². The Morgan fingerprint density at radius 1 is 1.41 bits per heavy atom. The molecular weight excluding hydrogens is 281 g/mol. The minimum atomic E-state index is -0.165. The van der Waals surface area contributed by atoms with Gasteiger partial charge in [0.1, 0.15) is 0 Å². The molecule has 0 bridgehead atoms. The first-order valence-corrected chi connectivity index (χ1v) is 6.99. The summed E-state index contributed by atoms with van der Waals surface area (Å²) in [5, 5.41) is 12.4. The molecule has 1 heterocycles. The zero-order valence-electron chi connectivity index (χ0n) is 8.87. The summed E-state index contributed by atoms with van der Waals surface area (Å²) in [6, 6.07) is 2.97. The van der Waals surface area contributed by atoms with Gasteiger partial charge in [0.2, 0.25) is 5.91 Å². The molecule has 1 aromatic rings. The number of benzene rings is 1. The maximum atomic E-state index is 11.8. The molecule has 2 N–H and O–H groups in total. The van der Waals surface area contributed by atoms with Crippen molar-refractivity contribution in [2.75, 3.05) is 11.1 Å². The molecule has 1 aliphatic heterocycles. The SMILES string of the molecule is O=C(Nc1cc(Cl)c(O)c(Cl)c1)C1CCCS1. The molecule has 1 atom stereocenters. The van der Waals surface area contributed by atoms with E-state index in [1.165, 1.54) is 12.1 Å². The summed E-state index contributed by atoms with van der Waals surface area (Å²) in [5.74, 6) is 0.821. The van der Waals surface area contributed by atoms with Crippen LogP contribution < -0.4 is 5.32 Å². The Labute approximate surface area is 113 Å². The van der Waals surface area contributed by atoms with E-state index in [1.54, 1.807) is 11.8 Å². The number of hydrogen-bond donors (Lipinski definition) is 2. The van der Waals surface area contributed by atoms with Crippen molar-refractivity contribution >= 4 is 46.6 Å². The molecule has 2 rings (SSSR count). The molecule has 1 aliphatic rings. The van der Waals surface area contributed by atoms with E-state index in [2.05, 4.69) is 5.32 Å². The van der Waals surface area contributed by atoms with Gasteiger partial charge >= 0.3 is 0 Å². The van der Waals surface area contributed by atoms with Gasteiger partial charge in [-0.15, -0.1) is 11.8 Å². The summed E-state index contributed by atoms with van der Waals surface area (Å²) in [4.78, 5) is 11.8. The highest BCUT2D eigenvalue weighted by Crippen LogP contribution is 2.35. The van der Waals surface area contributed by atoms with Crippen LogP contribution in [0, 0.1) is 0 Å². The number of phenolic OH excluding ortho intramolecular Hbond substituents is 1. The number of amides is 1. The molecule has 1 aromatic carbocycles. The van der Waals surface area contributed by atoms with Crippen molar-refractivity contribution in [3.63, 3.8) is 0 Å². The smallest absolute Gasteiger partial charge is 0.237 e. The molecular formula is C11H11Cl2NO2S. The van der Waals surface area contributed by atoms with Crippen LogP contribution in [0.25, 0.3) is 0 Å². The van der Waals surface area contributed by atoms with E-state index >= 15 is 0 Å². The van der Waals surface area contributed by atoms with Gasteiger partial charge in [-0.2, -0.15) is 0 Å². The Kier molecular flexibility index (Phi) is 4.07. The highest BCUT2D eigenvalue weighted by atomic mass is 35.5. The number of phenols is 1. The van der Waals surface area contributed by atoms with Gasteiger partial charge in [-0.3, -0.25) is 4.79 Å². The highest BCUT2D eigenvalue weighted by Gasteiger charge is 2.23. The minimum absolute atomic E-state index is 0.00125. The largest absolute Gasteiger partial charge is 0.505 e. The summed E-state index contributed by atoms with van der Waals surface area (Å²) in [6.07, 6.45) is 1.97. The first kappa shape index (κ1) is 12.9. The predicted octanol–water partition coefficient (Wildman–Crippen LogP) is 3.53. The van der Waals surface area contributed by atoms with Crippen molar-refractivity contribution in [1.29, 1.82) is 0 Å². The van der Waals surface area contributed by atoms with Gasteiger partial charge in [0.25, 0.3) is 0 Å². The monoisotopic (exact) mass is 291 g/mol. The number of thioether (sulfide) groups is 1. The second-order valence-electron chi connectivity index (χ2n) is 3.78. The van der Waals surface area contributed by atoms with Crippen LogP contribution in [0.1, 0.15) is 12.8 Å². The summed E-state index contributed by atoms with van der Waals surface area (Å²) in [7, 11) is 0. The molecule has 17 heavy (non-hydrogen) atoms. The molecule has 0 saturated carbocycles. The Hall–Kier alpha value is -0.580.